The molecule has 1 amide bonds. The van der Waals surface area contributed by atoms with Crippen LogP contribution < -0.4 is 5.32 Å². The fraction of sp³-hybridized carbons (Fsp3) is 0.222. The van der Waals surface area contributed by atoms with Gasteiger partial charge < -0.3 is 10.1 Å². The highest BCUT2D eigenvalue weighted by molar-refractivity contribution is 5.96. The van der Waals surface area contributed by atoms with Gasteiger partial charge in [-0.25, -0.2) is 0 Å². The lowest BCUT2D eigenvalue weighted by molar-refractivity contribution is -0.122. The van der Waals surface area contributed by atoms with Crippen LogP contribution in [0.1, 0.15) is 0 Å². The lowest BCUT2D eigenvalue weighted by atomic mass is 10.0. The van der Waals surface area contributed by atoms with Crippen LogP contribution in [0.5, 0.6) is 0 Å². The molecule has 0 radical (unpaired) electrons. The van der Waals surface area contributed by atoms with Crippen LogP contribution in [0.2, 0.25) is 0 Å². The maximum atomic E-state index is 11.8. The Morgan fingerprint density at radius 1 is 1.22 bits per heavy atom. The van der Waals surface area contributed by atoms with E-state index in [2.05, 4.69) is 34.7 Å². The van der Waals surface area contributed by atoms with E-state index in [1.807, 2.05) is 24.4 Å². The summed E-state index contributed by atoms with van der Waals surface area (Å²) in [5.41, 5.74) is 2.13. The topological polar surface area (TPSA) is 56.1 Å². The molecule has 0 aliphatic carbocycles. The number of fused-ring (bicyclic) bond motifs is 1. The van der Waals surface area contributed by atoms with Crippen molar-refractivity contribution in [1.29, 1.82) is 0 Å². The molecular formula is C18H19N3O2. The first-order valence-electron chi connectivity index (χ1n) is 7.54. The molecule has 3 aromatic rings. The minimum Gasteiger partial charge on any atom is -0.383 e. The zero-order valence-corrected chi connectivity index (χ0v) is 13.0. The van der Waals surface area contributed by atoms with Gasteiger partial charge in [0.15, 0.2) is 0 Å². The second-order valence-corrected chi connectivity index (χ2v) is 5.30. The number of carbonyl (C=O) groups is 1. The normalized spacial score (nSPS) is 10.8. The van der Waals surface area contributed by atoms with Gasteiger partial charge in [0.25, 0.3) is 0 Å². The first-order chi connectivity index (χ1) is 11.3. The number of ether oxygens (including phenoxy) is 1. The third kappa shape index (κ3) is 3.57. The van der Waals surface area contributed by atoms with E-state index < -0.39 is 0 Å². The first-order valence-corrected chi connectivity index (χ1v) is 7.54. The Kier molecular flexibility index (Phi) is 4.68. The van der Waals surface area contributed by atoms with Gasteiger partial charge in [-0.2, -0.15) is 5.10 Å². The molecule has 0 fully saturated rings. The Bertz CT molecular complexity index is 805. The van der Waals surface area contributed by atoms with E-state index in [1.54, 1.807) is 18.0 Å². The van der Waals surface area contributed by atoms with Gasteiger partial charge >= 0.3 is 0 Å². The zero-order valence-electron chi connectivity index (χ0n) is 13.0. The summed E-state index contributed by atoms with van der Waals surface area (Å²) in [5, 5.41) is 9.45. The molecule has 5 heteroatoms. The van der Waals surface area contributed by atoms with Crippen molar-refractivity contribution in [3.8, 4) is 11.1 Å². The lowest BCUT2D eigenvalue weighted by Gasteiger charge is -2.05. The minimum atomic E-state index is -0.0744. The smallest absolute Gasteiger partial charge is 0.241 e. The number of methoxy groups -OCH3 is 1. The van der Waals surface area contributed by atoms with E-state index in [9.17, 15) is 4.79 Å². The first kappa shape index (κ1) is 15.2. The largest absolute Gasteiger partial charge is 0.383 e. The SMILES string of the molecule is COCCNC(=O)Cn1cc(-c2cccc3ccccc23)cn1. The van der Waals surface area contributed by atoms with Crippen molar-refractivity contribution >= 4 is 16.7 Å². The Morgan fingerprint density at radius 2 is 2.04 bits per heavy atom. The fourth-order valence-electron chi connectivity index (χ4n) is 2.56. The molecule has 0 spiro atoms. The zero-order chi connectivity index (χ0) is 16.1. The van der Waals surface area contributed by atoms with Crippen molar-refractivity contribution in [2.45, 2.75) is 6.54 Å². The van der Waals surface area contributed by atoms with Gasteiger partial charge in [0.05, 0.1) is 12.8 Å². The van der Waals surface area contributed by atoms with Crippen LogP contribution >= 0.6 is 0 Å². The Morgan fingerprint density at radius 3 is 2.91 bits per heavy atom. The minimum absolute atomic E-state index is 0.0744. The third-order valence-electron chi connectivity index (χ3n) is 3.67. The monoisotopic (exact) mass is 309 g/mol. The number of carbonyl (C=O) groups excluding carboxylic acids is 1. The molecule has 1 N–H and O–H groups in total. The number of benzene rings is 2. The molecular weight excluding hydrogens is 290 g/mol. The highest BCUT2D eigenvalue weighted by Crippen LogP contribution is 2.27. The quantitative estimate of drug-likeness (QED) is 0.712. The van der Waals surface area contributed by atoms with E-state index in [0.717, 1.165) is 11.1 Å². The summed E-state index contributed by atoms with van der Waals surface area (Å²) in [4.78, 5) is 11.8. The van der Waals surface area contributed by atoms with Crippen molar-refractivity contribution in [3.05, 3.63) is 54.9 Å². The summed E-state index contributed by atoms with van der Waals surface area (Å²) < 4.78 is 6.56. The fourth-order valence-corrected chi connectivity index (χ4v) is 2.56. The van der Waals surface area contributed by atoms with Crippen LogP contribution in [-0.2, 0) is 16.1 Å². The molecule has 3 rings (SSSR count). The van der Waals surface area contributed by atoms with E-state index in [4.69, 9.17) is 4.74 Å². The number of aromatic nitrogens is 2. The van der Waals surface area contributed by atoms with Crippen LogP contribution in [0.25, 0.3) is 21.9 Å². The molecule has 118 valence electrons. The second kappa shape index (κ2) is 7.07. The van der Waals surface area contributed by atoms with Gasteiger partial charge in [0.2, 0.25) is 5.91 Å². The van der Waals surface area contributed by atoms with Gasteiger partial charge in [-0.05, 0) is 16.3 Å². The Labute approximate surface area is 134 Å². The van der Waals surface area contributed by atoms with Crippen molar-refractivity contribution < 1.29 is 9.53 Å². The molecule has 0 aliphatic rings. The highest BCUT2D eigenvalue weighted by Gasteiger charge is 2.08. The molecule has 1 aromatic heterocycles. The number of amides is 1. The van der Waals surface area contributed by atoms with Crippen molar-refractivity contribution in [2.75, 3.05) is 20.3 Å². The van der Waals surface area contributed by atoms with Crippen LogP contribution in [0.15, 0.2) is 54.9 Å². The van der Waals surface area contributed by atoms with Crippen molar-refractivity contribution in [3.63, 3.8) is 0 Å². The molecule has 5 nitrogen and oxygen atoms in total. The summed E-state index contributed by atoms with van der Waals surface area (Å²) in [6.07, 6.45) is 3.70. The van der Waals surface area contributed by atoms with Gasteiger partial charge in [0.1, 0.15) is 6.54 Å². The molecule has 0 bridgehead atoms. The third-order valence-corrected chi connectivity index (χ3v) is 3.67. The van der Waals surface area contributed by atoms with Crippen molar-refractivity contribution in [1.82, 2.24) is 15.1 Å². The molecule has 0 saturated heterocycles. The predicted octanol–water partition coefficient (Wildman–Crippen LogP) is 2.47. The maximum absolute atomic E-state index is 11.8. The van der Waals surface area contributed by atoms with E-state index in [-0.39, 0.29) is 12.5 Å². The Hall–Kier alpha value is -2.66. The van der Waals surface area contributed by atoms with Crippen LogP contribution in [0.3, 0.4) is 0 Å². The number of nitrogens with one attached hydrogen (secondary N) is 1. The molecule has 1 heterocycles. The van der Waals surface area contributed by atoms with Crippen LogP contribution in [0.4, 0.5) is 0 Å². The van der Waals surface area contributed by atoms with Gasteiger partial charge in [-0.1, -0.05) is 42.5 Å². The Balaban J connectivity index is 1.77. The summed E-state index contributed by atoms with van der Waals surface area (Å²) in [6.45, 7) is 1.22. The summed E-state index contributed by atoms with van der Waals surface area (Å²) in [7, 11) is 1.61. The highest BCUT2D eigenvalue weighted by atomic mass is 16.5. The number of nitrogens with zero attached hydrogens (tertiary/aromatic N) is 2. The number of hydrogen-bond donors (Lipinski definition) is 1. The van der Waals surface area contributed by atoms with Crippen molar-refractivity contribution in [2.24, 2.45) is 0 Å². The van der Waals surface area contributed by atoms with E-state index >= 15 is 0 Å². The number of hydrogen-bond acceptors (Lipinski definition) is 3. The molecule has 0 aliphatic heterocycles. The second-order valence-electron chi connectivity index (χ2n) is 5.30. The summed E-state index contributed by atoms with van der Waals surface area (Å²) >= 11 is 0. The van der Waals surface area contributed by atoms with Gasteiger partial charge in [-0.3, -0.25) is 9.48 Å². The van der Waals surface area contributed by atoms with Gasteiger partial charge in [0, 0.05) is 25.4 Å². The molecule has 0 saturated carbocycles. The number of rotatable bonds is 6. The maximum Gasteiger partial charge on any atom is 0.241 e. The summed E-state index contributed by atoms with van der Waals surface area (Å²) in [6, 6.07) is 14.4. The molecule has 2 aromatic carbocycles. The average molecular weight is 309 g/mol. The van der Waals surface area contributed by atoms with Gasteiger partial charge in [-0.15, -0.1) is 0 Å². The lowest BCUT2D eigenvalue weighted by Crippen LogP contribution is -2.30. The average Bonchev–Trinajstić information content (AvgIpc) is 3.03. The molecule has 23 heavy (non-hydrogen) atoms. The molecule has 0 unspecified atom stereocenters. The van der Waals surface area contributed by atoms with Crippen LogP contribution in [-0.4, -0.2) is 35.9 Å². The van der Waals surface area contributed by atoms with E-state index in [0.29, 0.717) is 13.2 Å². The van der Waals surface area contributed by atoms with Crippen LogP contribution in [0, 0.1) is 0 Å². The molecule has 0 atom stereocenters. The predicted molar refractivity (Wildman–Crippen MR) is 90.1 cm³/mol. The standard InChI is InChI=1S/C18H19N3O2/c1-23-10-9-19-18(22)13-21-12-15(11-20-21)17-8-4-6-14-5-2-3-7-16(14)17/h2-8,11-12H,9-10,13H2,1H3,(H,19,22). The van der Waals surface area contributed by atoms with E-state index in [1.165, 1.54) is 10.8 Å². The summed E-state index contributed by atoms with van der Waals surface area (Å²) in [5.74, 6) is -0.0744.